The average molecular weight is 388 g/mol. The van der Waals surface area contributed by atoms with E-state index in [0.717, 1.165) is 27.8 Å². The first kappa shape index (κ1) is 19.0. The van der Waals surface area contributed by atoms with Gasteiger partial charge in [-0.3, -0.25) is 9.78 Å². The third-order valence-electron chi connectivity index (χ3n) is 4.88. The first-order valence-corrected chi connectivity index (χ1v) is 8.59. The molecule has 0 saturated carbocycles. The Morgan fingerprint density at radius 2 is 1.85 bits per heavy atom. The van der Waals surface area contributed by atoms with Gasteiger partial charge in [-0.2, -0.15) is 0 Å². The second kappa shape index (κ2) is 7.88. The molecule has 0 radical (unpaired) electrons. The van der Waals surface area contributed by atoms with E-state index in [1.807, 2.05) is 30.3 Å². The molecule has 3 heterocycles. The van der Waals surface area contributed by atoms with Crippen molar-refractivity contribution < 1.29 is 14.3 Å². The van der Waals surface area contributed by atoms with E-state index < -0.39 is 5.97 Å². The Labute approximate surface area is 162 Å². The van der Waals surface area contributed by atoms with Gasteiger partial charge in [-0.05, 0) is 48.7 Å². The molecule has 7 heteroatoms. The number of anilines is 1. The van der Waals surface area contributed by atoms with Gasteiger partial charge in [-0.15, -0.1) is 12.4 Å². The number of aliphatic carboxylic acids is 1. The Morgan fingerprint density at radius 3 is 2.56 bits per heavy atom. The molecule has 0 bridgehead atoms. The SMILES string of the molecule is Cl.O=C(O)C1CCN(c2ccc3cc(-c4cncc(F)c4)ccc3n2)CC1. The number of aromatic nitrogens is 2. The minimum Gasteiger partial charge on any atom is -0.481 e. The van der Waals surface area contributed by atoms with Crippen molar-refractivity contribution in [2.24, 2.45) is 5.92 Å². The van der Waals surface area contributed by atoms with Gasteiger partial charge in [0.15, 0.2) is 0 Å². The van der Waals surface area contributed by atoms with Crippen molar-refractivity contribution in [1.82, 2.24) is 9.97 Å². The maximum Gasteiger partial charge on any atom is 0.306 e. The first-order valence-electron chi connectivity index (χ1n) is 8.59. The Morgan fingerprint density at radius 1 is 1.07 bits per heavy atom. The fourth-order valence-corrected chi connectivity index (χ4v) is 3.40. The van der Waals surface area contributed by atoms with Crippen LogP contribution in [0.1, 0.15) is 12.8 Å². The van der Waals surface area contributed by atoms with Gasteiger partial charge in [0.25, 0.3) is 0 Å². The normalized spacial score (nSPS) is 14.8. The molecule has 2 aromatic heterocycles. The van der Waals surface area contributed by atoms with Crippen LogP contribution in [0.25, 0.3) is 22.0 Å². The molecule has 0 spiro atoms. The molecule has 0 amide bonds. The number of piperidine rings is 1. The second-order valence-electron chi connectivity index (χ2n) is 6.57. The number of fused-ring (bicyclic) bond motifs is 1. The van der Waals surface area contributed by atoms with E-state index in [1.54, 1.807) is 6.20 Å². The van der Waals surface area contributed by atoms with Gasteiger partial charge in [0, 0.05) is 30.2 Å². The molecule has 1 aliphatic heterocycles. The monoisotopic (exact) mass is 387 g/mol. The molecule has 140 valence electrons. The fraction of sp³-hybridized carbons (Fsp3) is 0.250. The van der Waals surface area contributed by atoms with E-state index in [1.165, 1.54) is 12.3 Å². The molecule has 1 saturated heterocycles. The van der Waals surface area contributed by atoms with E-state index in [-0.39, 0.29) is 24.1 Å². The summed E-state index contributed by atoms with van der Waals surface area (Å²) in [6.45, 7) is 1.39. The van der Waals surface area contributed by atoms with Crippen LogP contribution in [0.5, 0.6) is 0 Å². The van der Waals surface area contributed by atoms with Crippen molar-refractivity contribution in [2.75, 3.05) is 18.0 Å². The van der Waals surface area contributed by atoms with E-state index in [4.69, 9.17) is 10.1 Å². The molecule has 27 heavy (non-hydrogen) atoms. The summed E-state index contributed by atoms with van der Waals surface area (Å²) in [6, 6.07) is 11.2. The van der Waals surface area contributed by atoms with Gasteiger partial charge in [0.1, 0.15) is 11.6 Å². The molecule has 1 fully saturated rings. The number of pyridine rings is 2. The van der Waals surface area contributed by atoms with Crippen LogP contribution in [0.15, 0.2) is 48.8 Å². The van der Waals surface area contributed by atoms with Gasteiger partial charge in [-0.1, -0.05) is 6.07 Å². The maximum atomic E-state index is 13.4. The van der Waals surface area contributed by atoms with Gasteiger partial charge < -0.3 is 10.0 Å². The van der Waals surface area contributed by atoms with Crippen molar-refractivity contribution in [3.8, 4) is 11.1 Å². The summed E-state index contributed by atoms with van der Waals surface area (Å²) in [5.41, 5.74) is 2.48. The summed E-state index contributed by atoms with van der Waals surface area (Å²) < 4.78 is 13.4. The van der Waals surface area contributed by atoms with Crippen LogP contribution in [0.4, 0.5) is 10.2 Å². The largest absolute Gasteiger partial charge is 0.481 e. The molecule has 4 rings (SSSR count). The molecule has 1 aromatic carbocycles. The Balaban J connectivity index is 0.00000210. The highest BCUT2D eigenvalue weighted by molar-refractivity contribution is 5.86. The number of rotatable bonds is 3. The minimum atomic E-state index is -0.713. The van der Waals surface area contributed by atoms with E-state index in [9.17, 15) is 9.18 Å². The van der Waals surface area contributed by atoms with Gasteiger partial charge in [-0.25, -0.2) is 9.37 Å². The summed E-state index contributed by atoms with van der Waals surface area (Å²) in [5, 5.41) is 10.1. The highest BCUT2D eigenvalue weighted by Gasteiger charge is 2.25. The predicted octanol–water partition coefficient (Wildman–Crippen LogP) is 4.16. The summed E-state index contributed by atoms with van der Waals surface area (Å²) in [4.78, 5) is 21.8. The number of halogens is 2. The average Bonchev–Trinajstić information content (AvgIpc) is 2.67. The van der Waals surface area contributed by atoms with E-state index in [2.05, 4.69) is 9.88 Å². The lowest BCUT2D eigenvalue weighted by atomic mass is 9.97. The Kier molecular flexibility index (Phi) is 5.56. The Bertz CT molecular complexity index is 974. The highest BCUT2D eigenvalue weighted by Crippen LogP contribution is 2.27. The van der Waals surface area contributed by atoms with Gasteiger partial charge >= 0.3 is 5.97 Å². The zero-order valence-corrected chi connectivity index (χ0v) is 15.3. The van der Waals surface area contributed by atoms with Crippen LogP contribution in [-0.2, 0) is 4.79 Å². The molecular formula is C20H19ClFN3O2. The lowest BCUT2D eigenvalue weighted by molar-refractivity contribution is -0.142. The van der Waals surface area contributed by atoms with Crippen LogP contribution >= 0.6 is 12.4 Å². The minimum absolute atomic E-state index is 0. The molecule has 0 aliphatic carbocycles. The zero-order valence-electron chi connectivity index (χ0n) is 14.5. The third-order valence-corrected chi connectivity index (χ3v) is 4.88. The number of carboxylic acid groups (broad SMARTS) is 1. The van der Waals surface area contributed by atoms with Crippen molar-refractivity contribution in [3.05, 3.63) is 54.6 Å². The number of carbonyl (C=O) groups is 1. The van der Waals surface area contributed by atoms with Crippen molar-refractivity contribution >= 4 is 35.1 Å². The lowest BCUT2D eigenvalue weighted by Crippen LogP contribution is -2.36. The number of nitrogens with zero attached hydrogens (tertiary/aromatic N) is 3. The summed E-state index contributed by atoms with van der Waals surface area (Å²) in [7, 11) is 0. The topological polar surface area (TPSA) is 66.3 Å². The van der Waals surface area contributed by atoms with Gasteiger partial charge in [0.2, 0.25) is 0 Å². The van der Waals surface area contributed by atoms with Crippen LogP contribution < -0.4 is 4.90 Å². The first-order chi connectivity index (χ1) is 12.6. The highest BCUT2D eigenvalue weighted by atomic mass is 35.5. The lowest BCUT2D eigenvalue weighted by Gasteiger charge is -2.31. The smallest absolute Gasteiger partial charge is 0.306 e. The molecule has 0 atom stereocenters. The third kappa shape index (κ3) is 4.01. The van der Waals surface area contributed by atoms with Crippen molar-refractivity contribution in [2.45, 2.75) is 12.8 Å². The van der Waals surface area contributed by atoms with Gasteiger partial charge in [0.05, 0.1) is 17.6 Å². The van der Waals surface area contributed by atoms with Crippen LogP contribution in [0.2, 0.25) is 0 Å². The van der Waals surface area contributed by atoms with E-state index in [0.29, 0.717) is 25.9 Å². The molecule has 5 nitrogen and oxygen atoms in total. The quantitative estimate of drug-likeness (QED) is 0.731. The number of hydrogen-bond donors (Lipinski definition) is 1. The molecule has 1 N–H and O–H groups in total. The number of hydrogen-bond acceptors (Lipinski definition) is 4. The summed E-state index contributed by atoms with van der Waals surface area (Å²) in [5.74, 6) is -0.466. The standard InChI is InChI=1S/C20H18FN3O2.ClH/c21-17-10-16(11-22-12-17)14-1-3-18-15(9-14)2-4-19(23-18)24-7-5-13(6-8-24)20(25)26;/h1-4,9-13H,5-8H2,(H,25,26);1H. The molecular weight excluding hydrogens is 369 g/mol. The Hall–Kier alpha value is -2.73. The van der Waals surface area contributed by atoms with Crippen molar-refractivity contribution in [3.63, 3.8) is 0 Å². The van der Waals surface area contributed by atoms with Crippen LogP contribution in [0, 0.1) is 11.7 Å². The fourth-order valence-electron chi connectivity index (χ4n) is 3.40. The molecule has 0 unspecified atom stereocenters. The van der Waals surface area contributed by atoms with E-state index >= 15 is 0 Å². The molecule has 1 aliphatic rings. The second-order valence-corrected chi connectivity index (χ2v) is 6.57. The van der Waals surface area contributed by atoms with Crippen LogP contribution in [0.3, 0.4) is 0 Å². The summed E-state index contributed by atoms with van der Waals surface area (Å²) in [6.07, 6.45) is 4.10. The number of benzene rings is 1. The predicted molar refractivity (Wildman–Crippen MR) is 105 cm³/mol. The summed E-state index contributed by atoms with van der Waals surface area (Å²) >= 11 is 0. The molecule has 3 aromatic rings. The van der Waals surface area contributed by atoms with Crippen molar-refractivity contribution in [1.29, 1.82) is 0 Å². The number of carboxylic acids is 1. The van der Waals surface area contributed by atoms with Crippen LogP contribution in [-0.4, -0.2) is 34.1 Å². The maximum absolute atomic E-state index is 13.4. The zero-order chi connectivity index (χ0) is 18.1.